The van der Waals surface area contributed by atoms with Gasteiger partial charge in [-0.3, -0.25) is 9.59 Å². The fraction of sp³-hybridized carbons (Fsp3) is 0.818. The summed E-state index contributed by atoms with van der Waals surface area (Å²) in [6, 6.07) is 0. The summed E-state index contributed by atoms with van der Waals surface area (Å²) in [5.41, 5.74) is -0.400. The predicted octanol–water partition coefficient (Wildman–Crippen LogP) is 0.723. The molecule has 4 nitrogen and oxygen atoms in total. The average molecular weight is 212 g/mol. The van der Waals surface area contributed by atoms with E-state index in [1.807, 2.05) is 20.8 Å². The molecule has 0 N–H and O–H groups in total. The van der Waals surface area contributed by atoms with Crippen LogP contribution < -0.4 is 0 Å². The number of likely N-dealkylation sites (N-methyl/N-ethyl adjacent to an activating group) is 1. The molecule has 0 atom stereocenters. The lowest BCUT2D eigenvalue weighted by Gasteiger charge is -2.27. The second-order valence-corrected chi connectivity index (χ2v) is 5.15. The van der Waals surface area contributed by atoms with Crippen molar-refractivity contribution in [2.45, 2.75) is 27.2 Å². The molecule has 1 heterocycles. The van der Waals surface area contributed by atoms with Crippen LogP contribution in [0.25, 0.3) is 0 Å². The Morgan fingerprint density at radius 3 is 2.40 bits per heavy atom. The molecule has 1 saturated heterocycles. The molecule has 0 aromatic carbocycles. The summed E-state index contributed by atoms with van der Waals surface area (Å²) in [5, 5.41) is 0. The molecule has 2 amide bonds. The number of rotatable bonds is 0. The van der Waals surface area contributed by atoms with E-state index in [0.717, 1.165) is 13.0 Å². The van der Waals surface area contributed by atoms with Gasteiger partial charge in [-0.1, -0.05) is 20.8 Å². The Kier molecular flexibility index (Phi) is 3.37. The third-order valence-corrected chi connectivity index (χ3v) is 2.60. The Morgan fingerprint density at radius 2 is 1.87 bits per heavy atom. The van der Waals surface area contributed by atoms with Crippen LogP contribution in [0.2, 0.25) is 0 Å². The lowest BCUT2D eigenvalue weighted by atomic mass is 9.94. The first-order valence-electron chi connectivity index (χ1n) is 5.35. The third kappa shape index (κ3) is 2.94. The van der Waals surface area contributed by atoms with Crippen LogP contribution in [0, 0.1) is 5.41 Å². The van der Waals surface area contributed by atoms with Crippen LogP contribution >= 0.6 is 0 Å². The van der Waals surface area contributed by atoms with Gasteiger partial charge >= 0.3 is 0 Å². The normalized spacial score (nSPS) is 19.1. The first kappa shape index (κ1) is 12.0. The van der Waals surface area contributed by atoms with Gasteiger partial charge in [0.15, 0.2) is 0 Å². The van der Waals surface area contributed by atoms with Crippen LogP contribution in [-0.2, 0) is 9.59 Å². The van der Waals surface area contributed by atoms with Crippen molar-refractivity contribution in [2.24, 2.45) is 5.41 Å². The largest absolute Gasteiger partial charge is 0.344 e. The van der Waals surface area contributed by atoms with E-state index in [1.54, 1.807) is 16.8 Å². The molecule has 4 heteroatoms. The number of hydrogen-bond acceptors (Lipinski definition) is 2. The first-order valence-corrected chi connectivity index (χ1v) is 5.35. The van der Waals surface area contributed by atoms with Crippen LogP contribution in [0.5, 0.6) is 0 Å². The van der Waals surface area contributed by atoms with Crippen molar-refractivity contribution in [3.8, 4) is 0 Å². The summed E-state index contributed by atoms with van der Waals surface area (Å²) in [6.07, 6.45) is 0.865. The van der Waals surface area contributed by atoms with Crippen molar-refractivity contribution in [1.82, 2.24) is 9.80 Å². The van der Waals surface area contributed by atoms with Gasteiger partial charge in [-0.2, -0.15) is 0 Å². The highest BCUT2D eigenvalue weighted by molar-refractivity contribution is 5.87. The number of carbonyl (C=O) groups excluding carboxylic acids is 2. The fourth-order valence-corrected chi connectivity index (χ4v) is 1.63. The molecule has 1 rings (SSSR count). The zero-order valence-corrected chi connectivity index (χ0v) is 10.0. The minimum atomic E-state index is -0.400. The van der Waals surface area contributed by atoms with E-state index in [2.05, 4.69) is 0 Å². The summed E-state index contributed by atoms with van der Waals surface area (Å²) in [5.74, 6) is 0.0938. The molecule has 1 fully saturated rings. The Morgan fingerprint density at radius 1 is 1.27 bits per heavy atom. The van der Waals surface area contributed by atoms with Gasteiger partial charge < -0.3 is 9.80 Å². The van der Waals surface area contributed by atoms with E-state index in [0.29, 0.717) is 6.54 Å². The minimum Gasteiger partial charge on any atom is -0.344 e. The molecule has 15 heavy (non-hydrogen) atoms. The molecule has 0 aromatic heterocycles. The van der Waals surface area contributed by atoms with Gasteiger partial charge in [-0.15, -0.1) is 0 Å². The van der Waals surface area contributed by atoms with Gasteiger partial charge in [0.05, 0.1) is 6.54 Å². The Balaban J connectivity index is 2.71. The second-order valence-electron chi connectivity index (χ2n) is 5.15. The lowest BCUT2D eigenvalue weighted by Crippen LogP contribution is -2.43. The van der Waals surface area contributed by atoms with Crippen LogP contribution in [0.15, 0.2) is 0 Å². The molecule has 1 aliphatic rings. The number of carbonyl (C=O) groups is 2. The monoisotopic (exact) mass is 212 g/mol. The van der Waals surface area contributed by atoms with Crippen LogP contribution in [0.4, 0.5) is 0 Å². The van der Waals surface area contributed by atoms with Crippen molar-refractivity contribution in [1.29, 1.82) is 0 Å². The summed E-state index contributed by atoms with van der Waals surface area (Å²) < 4.78 is 0. The Labute approximate surface area is 91.2 Å². The fourth-order valence-electron chi connectivity index (χ4n) is 1.63. The Hall–Kier alpha value is -1.06. The zero-order valence-electron chi connectivity index (χ0n) is 10.0. The Bertz CT molecular complexity index is 268. The van der Waals surface area contributed by atoms with Gasteiger partial charge in [0.1, 0.15) is 0 Å². The summed E-state index contributed by atoms with van der Waals surface area (Å²) in [6.45, 7) is 7.31. The quantitative estimate of drug-likeness (QED) is 0.593. The van der Waals surface area contributed by atoms with Gasteiger partial charge in [-0.05, 0) is 6.42 Å². The highest BCUT2D eigenvalue weighted by Gasteiger charge is 2.30. The van der Waals surface area contributed by atoms with Crippen LogP contribution in [0.3, 0.4) is 0 Å². The third-order valence-electron chi connectivity index (χ3n) is 2.60. The molecule has 0 unspecified atom stereocenters. The number of hydrogen-bond donors (Lipinski definition) is 0. The maximum Gasteiger partial charge on any atom is 0.241 e. The smallest absolute Gasteiger partial charge is 0.241 e. The highest BCUT2D eigenvalue weighted by atomic mass is 16.2. The topological polar surface area (TPSA) is 40.6 Å². The van der Waals surface area contributed by atoms with E-state index < -0.39 is 5.41 Å². The second kappa shape index (κ2) is 4.21. The van der Waals surface area contributed by atoms with Crippen molar-refractivity contribution < 1.29 is 9.59 Å². The number of nitrogens with zero attached hydrogens (tertiary/aromatic N) is 2. The summed E-state index contributed by atoms with van der Waals surface area (Å²) in [7, 11) is 1.79. The molecular weight excluding hydrogens is 192 g/mol. The molecule has 1 aliphatic heterocycles. The average Bonchev–Trinajstić information content (AvgIpc) is 2.27. The highest BCUT2D eigenvalue weighted by Crippen LogP contribution is 2.18. The van der Waals surface area contributed by atoms with Crippen molar-refractivity contribution in [2.75, 3.05) is 26.7 Å². The van der Waals surface area contributed by atoms with Crippen molar-refractivity contribution >= 4 is 11.8 Å². The predicted molar refractivity (Wildman–Crippen MR) is 58.3 cm³/mol. The SMILES string of the molecule is CN1CCCN(C(=O)C(C)(C)C)CC1=O. The van der Waals surface area contributed by atoms with E-state index in [-0.39, 0.29) is 18.4 Å². The van der Waals surface area contributed by atoms with Crippen molar-refractivity contribution in [3.05, 3.63) is 0 Å². The van der Waals surface area contributed by atoms with E-state index in [9.17, 15) is 9.59 Å². The molecule has 0 aromatic rings. The molecule has 0 aliphatic carbocycles. The van der Waals surface area contributed by atoms with Gasteiger partial charge in [0, 0.05) is 25.6 Å². The summed E-state index contributed by atoms with van der Waals surface area (Å²) >= 11 is 0. The van der Waals surface area contributed by atoms with Gasteiger partial charge in [0.25, 0.3) is 0 Å². The molecule has 86 valence electrons. The molecule has 0 saturated carbocycles. The number of amides is 2. The van der Waals surface area contributed by atoms with Crippen LogP contribution in [-0.4, -0.2) is 48.3 Å². The first-order chi connectivity index (χ1) is 6.82. The molecule has 0 bridgehead atoms. The maximum absolute atomic E-state index is 12.0. The molecule has 0 spiro atoms. The lowest BCUT2D eigenvalue weighted by molar-refractivity contribution is -0.143. The zero-order chi connectivity index (χ0) is 11.6. The molecule has 0 radical (unpaired) electrons. The minimum absolute atomic E-state index is 0.0325. The van der Waals surface area contributed by atoms with Crippen LogP contribution in [0.1, 0.15) is 27.2 Å². The van der Waals surface area contributed by atoms with Gasteiger partial charge in [0.2, 0.25) is 11.8 Å². The van der Waals surface area contributed by atoms with Crippen molar-refractivity contribution in [3.63, 3.8) is 0 Å². The van der Waals surface area contributed by atoms with Gasteiger partial charge in [-0.25, -0.2) is 0 Å². The maximum atomic E-state index is 12.0. The van der Waals surface area contributed by atoms with E-state index >= 15 is 0 Å². The molecular formula is C11H20N2O2. The van der Waals surface area contributed by atoms with E-state index in [1.165, 1.54) is 0 Å². The van der Waals surface area contributed by atoms with E-state index in [4.69, 9.17) is 0 Å². The standard InChI is InChI=1S/C11H20N2O2/c1-11(2,3)10(15)13-7-5-6-12(4)9(14)8-13/h5-8H2,1-4H3. The summed E-state index contributed by atoms with van der Waals surface area (Å²) in [4.78, 5) is 26.9.